The summed E-state index contributed by atoms with van der Waals surface area (Å²) in [6.07, 6.45) is -3.77. The van der Waals surface area contributed by atoms with Crippen LogP contribution < -0.4 is 14.8 Å². The van der Waals surface area contributed by atoms with E-state index in [1.165, 1.54) is 33.4 Å². The highest BCUT2D eigenvalue weighted by Crippen LogP contribution is 2.37. The van der Waals surface area contributed by atoms with Crippen LogP contribution in [0.1, 0.15) is 16.1 Å². The molecular weight excluding hydrogens is 351 g/mol. The van der Waals surface area contributed by atoms with Crippen LogP contribution in [0.4, 0.5) is 18.9 Å². The van der Waals surface area contributed by atoms with Crippen molar-refractivity contribution >= 4 is 23.2 Å². The molecule has 0 bridgehead atoms. The lowest BCUT2D eigenvalue weighted by molar-refractivity contribution is -0.141. The number of alkyl halides is 3. The number of rotatable bonds is 4. The number of halogens is 4. The Labute approximate surface area is 140 Å². The first-order valence-corrected chi connectivity index (χ1v) is 6.89. The number of hydrogen-bond donors (Lipinski definition) is 1. The first-order valence-electron chi connectivity index (χ1n) is 6.51. The van der Waals surface area contributed by atoms with E-state index in [-0.39, 0.29) is 22.2 Å². The summed E-state index contributed by atoms with van der Waals surface area (Å²) in [4.78, 5) is 12.3. The molecule has 0 aliphatic carbocycles. The molecule has 0 spiro atoms. The zero-order valence-corrected chi connectivity index (χ0v) is 13.6. The summed E-state index contributed by atoms with van der Waals surface area (Å²) in [5, 5.41) is 5.86. The SMILES string of the molecule is COc1cc(NC(=O)c2cn(C)nc2C(F)(F)F)c(OC)cc1Cl. The van der Waals surface area contributed by atoms with Crippen molar-refractivity contribution in [1.29, 1.82) is 0 Å². The summed E-state index contributed by atoms with van der Waals surface area (Å²) in [5.41, 5.74) is -1.77. The lowest BCUT2D eigenvalue weighted by Gasteiger charge is -2.13. The molecule has 130 valence electrons. The number of benzene rings is 1. The summed E-state index contributed by atoms with van der Waals surface area (Å²) in [7, 11) is 3.99. The Morgan fingerprint density at radius 2 is 1.88 bits per heavy atom. The molecule has 2 aromatic rings. The molecule has 6 nitrogen and oxygen atoms in total. The molecule has 0 fully saturated rings. The van der Waals surface area contributed by atoms with E-state index in [4.69, 9.17) is 21.1 Å². The number of methoxy groups -OCH3 is 2. The van der Waals surface area contributed by atoms with Crippen molar-refractivity contribution in [3.05, 3.63) is 34.6 Å². The summed E-state index contributed by atoms with van der Waals surface area (Å²) in [6.45, 7) is 0. The van der Waals surface area contributed by atoms with Crippen molar-refractivity contribution in [3.63, 3.8) is 0 Å². The van der Waals surface area contributed by atoms with Crippen molar-refractivity contribution < 1.29 is 27.4 Å². The number of carbonyl (C=O) groups excluding carboxylic acids is 1. The minimum absolute atomic E-state index is 0.112. The van der Waals surface area contributed by atoms with Crippen LogP contribution in [0, 0.1) is 0 Å². The van der Waals surface area contributed by atoms with Gasteiger partial charge < -0.3 is 14.8 Å². The number of carbonyl (C=O) groups is 1. The first-order chi connectivity index (χ1) is 11.2. The molecule has 0 radical (unpaired) electrons. The van der Waals surface area contributed by atoms with Crippen molar-refractivity contribution in [2.24, 2.45) is 7.05 Å². The van der Waals surface area contributed by atoms with Gasteiger partial charge in [-0.3, -0.25) is 9.48 Å². The normalized spacial score (nSPS) is 11.3. The quantitative estimate of drug-likeness (QED) is 0.904. The summed E-state index contributed by atoms with van der Waals surface area (Å²) >= 11 is 5.94. The van der Waals surface area contributed by atoms with Crippen molar-refractivity contribution in [2.45, 2.75) is 6.18 Å². The lowest BCUT2D eigenvalue weighted by Crippen LogP contribution is -2.18. The Hall–Kier alpha value is -2.42. The largest absolute Gasteiger partial charge is 0.495 e. The van der Waals surface area contributed by atoms with Crippen molar-refractivity contribution in [3.8, 4) is 11.5 Å². The van der Waals surface area contributed by atoms with Gasteiger partial charge in [0.2, 0.25) is 0 Å². The fraction of sp³-hybridized carbons (Fsp3) is 0.286. The number of aromatic nitrogens is 2. The van der Waals surface area contributed by atoms with Crippen molar-refractivity contribution in [2.75, 3.05) is 19.5 Å². The van der Waals surface area contributed by atoms with Gasteiger partial charge in [-0.25, -0.2) is 0 Å². The molecule has 24 heavy (non-hydrogen) atoms. The molecular formula is C14H13ClF3N3O3. The second-order valence-corrected chi connectivity index (χ2v) is 5.11. The molecule has 0 unspecified atom stereocenters. The maximum Gasteiger partial charge on any atom is 0.435 e. The second-order valence-electron chi connectivity index (χ2n) is 4.70. The number of aryl methyl sites for hydroxylation is 1. The molecule has 0 aliphatic heterocycles. The highest BCUT2D eigenvalue weighted by molar-refractivity contribution is 6.32. The Kier molecular flexibility index (Phi) is 4.93. The summed E-state index contributed by atoms with van der Waals surface area (Å²) < 4.78 is 49.9. The van der Waals surface area contributed by atoms with Crippen LogP contribution in [0.3, 0.4) is 0 Å². The molecule has 0 aliphatic rings. The fourth-order valence-corrected chi connectivity index (χ4v) is 2.24. The maximum absolute atomic E-state index is 13.0. The van der Waals surface area contributed by atoms with Crippen LogP contribution in [0.5, 0.6) is 11.5 Å². The van der Waals surface area contributed by atoms with Gasteiger partial charge in [0.1, 0.15) is 11.5 Å². The molecule has 1 heterocycles. The van der Waals surface area contributed by atoms with Crippen LogP contribution in [0.25, 0.3) is 0 Å². The minimum Gasteiger partial charge on any atom is -0.495 e. The molecule has 0 saturated heterocycles. The Bertz CT molecular complexity index is 775. The number of amides is 1. The zero-order chi connectivity index (χ0) is 18.1. The topological polar surface area (TPSA) is 65.4 Å². The highest BCUT2D eigenvalue weighted by Gasteiger charge is 2.39. The van der Waals surface area contributed by atoms with Crippen molar-refractivity contribution in [1.82, 2.24) is 9.78 Å². The van der Waals surface area contributed by atoms with Gasteiger partial charge >= 0.3 is 6.18 Å². The minimum atomic E-state index is -4.75. The molecule has 2 rings (SSSR count). The summed E-state index contributed by atoms with van der Waals surface area (Å²) in [6, 6.07) is 2.73. The van der Waals surface area contributed by atoms with E-state index in [2.05, 4.69) is 10.4 Å². The second kappa shape index (κ2) is 6.60. The van der Waals surface area contributed by atoms with E-state index in [1.807, 2.05) is 0 Å². The van der Waals surface area contributed by atoms with E-state index in [9.17, 15) is 18.0 Å². The monoisotopic (exact) mass is 363 g/mol. The third-order valence-electron chi connectivity index (χ3n) is 3.06. The van der Waals surface area contributed by atoms with Gasteiger partial charge in [0.05, 0.1) is 30.5 Å². The predicted octanol–water partition coefficient (Wildman–Crippen LogP) is 3.36. The molecule has 1 aromatic heterocycles. The molecule has 1 N–H and O–H groups in total. The van der Waals surface area contributed by atoms with Gasteiger partial charge in [0, 0.05) is 25.4 Å². The van der Waals surface area contributed by atoms with Gasteiger partial charge in [-0.2, -0.15) is 18.3 Å². The molecule has 10 heteroatoms. The van der Waals surface area contributed by atoms with Gasteiger partial charge in [0.25, 0.3) is 5.91 Å². The van der Waals surface area contributed by atoms with Crippen LogP contribution in [0.15, 0.2) is 18.3 Å². The van der Waals surface area contributed by atoms with Crippen LogP contribution >= 0.6 is 11.6 Å². The number of nitrogens with zero attached hydrogens (tertiary/aromatic N) is 2. The molecule has 1 amide bonds. The highest BCUT2D eigenvalue weighted by atomic mass is 35.5. The van der Waals surface area contributed by atoms with E-state index in [1.54, 1.807) is 0 Å². The zero-order valence-electron chi connectivity index (χ0n) is 12.9. The van der Waals surface area contributed by atoms with Gasteiger partial charge in [-0.1, -0.05) is 11.6 Å². The average Bonchev–Trinajstić information content (AvgIpc) is 2.90. The molecule has 1 aromatic carbocycles. The molecule has 0 saturated carbocycles. The Morgan fingerprint density at radius 3 is 2.42 bits per heavy atom. The van der Waals surface area contributed by atoms with E-state index < -0.39 is 23.3 Å². The van der Waals surface area contributed by atoms with E-state index in [0.29, 0.717) is 0 Å². The third kappa shape index (κ3) is 3.56. The van der Waals surface area contributed by atoms with Gasteiger partial charge in [-0.05, 0) is 0 Å². The Balaban J connectivity index is 2.41. The van der Waals surface area contributed by atoms with E-state index in [0.717, 1.165) is 10.9 Å². The molecule has 0 atom stereocenters. The fourth-order valence-electron chi connectivity index (χ4n) is 2.01. The number of ether oxygens (including phenoxy) is 2. The lowest BCUT2D eigenvalue weighted by atomic mass is 10.2. The predicted molar refractivity (Wildman–Crippen MR) is 80.7 cm³/mol. The number of hydrogen-bond acceptors (Lipinski definition) is 4. The summed E-state index contributed by atoms with van der Waals surface area (Å²) in [5.74, 6) is -0.584. The standard InChI is InChI=1S/C14H13ClF3N3O3/c1-21-6-7(12(20-21)14(16,17)18)13(22)19-9-5-10(23-2)8(15)4-11(9)24-3/h4-6H,1-3H3,(H,19,22). The first kappa shape index (κ1) is 17.9. The van der Waals surface area contributed by atoms with Gasteiger partial charge in [-0.15, -0.1) is 0 Å². The maximum atomic E-state index is 13.0. The number of nitrogens with one attached hydrogen (secondary N) is 1. The Morgan fingerprint density at radius 1 is 1.25 bits per heavy atom. The average molecular weight is 364 g/mol. The van der Waals surface area contributed by atoms with Crippen LogP contribution in [0.2, 0.25) is 5.02 Å². The van der Waals surface area contributed by atoms with Gasteiger partial charge in [0.15, 0.2) is 5.69 Å². The number of anilines is 1. The van der Waals surface area contributed by atoms with E-state index >= 15 is 0 Å². The van der Waals surface area contributed by atoms with Crippen LogP contribution in [-0.4, -0.2) is 29.9 Å². The smallest absolute Gasteiger partial charge is 0.435 e. The third-order valence-corrected chi connectivity index (χ3v) is 3.36. The van der Waals surface area contributed by atoms with Crippen LogP contribution in [-0.2, 0) is 13.2 Å².